The van der Waals surface area contributed by atoms with Gasteiger partial charge in [-0.3, -0.25) is 9.59 Å². The van der Waals surface area contributed by atoms with Crippen LogP contribution in [0.5, 0.6) is 23.0 Å². The zero-order chi connectivity index (χ0) is 29.6. The second-order valence-electron chi connectivity index (χ2n) is 9.69. The standard InChI is InChI=1S/C32H31O8P.Na/c1-21-19-25(15-11-23(21)13-17-31(35)27-7-3-5-9-29(27)33)39-41(37,38)40-26-16-12-24(22(2)20-26)14-18-32(36)28-8-4-6-10-30(28)34;/h3-12,15-16,19-20,33-34H,13-14,17-18H2,1-2H3,(H,37,38);/q;+1/p-1. The molecule has 0 aliphatic carbocycles. The number of aryl methyl sites for hydroxylation is 4. The van der Waals surface area contributed by atoms with Crippen molar-refractivity contribution in [2.45, 2.75) is 39.5 Å². The molecule has 0 radical (unpaired) electrons. The summed E-state index contributed by atoms with van der Waals surface area (Å²) >= 11 is 0. The first-order valence-corrected chi connectivity index (χ1v) is 14.5. The summed E-state index contributed by atoms with van der Waals surface area (Å²) in [5.74, 6) is -0.353. The van der Waals surface area contributed by atoms with Gasteiger partial charge in [-0.05, 0) is 97.5 Å². The maximum atomic E-state index is 12.6. The second-order valence-corrected chi connectivity index (χ2v) is 10.9. The van der Waals surface area contributed by atoms with Gasteiger partial charge < -0.3 is 24.2 Å². The molecule has 0 aliphatic heterocycles. The topological polar surface area (TPSA) is 133 Å². The first-order valence-electron chi connectivity index (χ1n) is 13.0. The maximum absolute atomic E-state index is 12.6. The average Bonchev–Trinajstić information content (AvgIpc) is 2.92. The van der Waals surface area contributed by atoms with Gasteiger partial charge in [0.2, 0.25) is 0 Å². The smallest absolute Gasteiger partial charge is 0.736 e. The summed E-state index contributed by atoms with van der Waals surface area (Å²) in [6, 6.07) is 22.2. The quantitative estimate of drug-likeness (QED) is 0.145. The van der Waals surface area contributed by atoms with Gasteiger partial charge in [-0.25, -0.2) is 4.57 Å². The number of phenols is 2. The molecule has 0 saturated carbocycles. The molecule has 0 aromatic heterocycles. The van der Waals surface area contributed by atoms with E-state index in [1.807, 2.05) is 0 Å². The third-order valence-electron chi connectivity index (χ3n) is 6.71. The Morgan fingerprint density at radius 1 is 0.690 bits per heavy atom. The van der Waals surface area contributed by atoms with Crippen molar-refractivity contribution in [2.24, 2.45) is 0 Å². The van der Waals surface area contributed by atoms with Crippen LogP contribution in [0.25, 0.3) is 0 Å². The van der Waals surface area contributed by atoms with Gasteiger partial charge in [0, 0.05) is 12.8 Å². The number of phosphoric ester groups is 1. The van der Waals surface area contributed by atoms with Crippen LogP contribution in [0.3, 0.4) is 0 Å². The Hall–Kier alpha value is -3.39. The number of phosphoric acid groups is 1. The number of aromatic hydroxyl groups is 2. The van der Waals surface area contributed by atoms with Gasteiger partial charge in [0.15, 0.2) is 11.6 Å². The van der Waals surface area contributed by atoms with E-state index in [4.69, 9.17) is 9.05 Å². The fraction of sp³-hybridized carbons (Fsp3) is 0.188. The fourth-order valence-electron chi connectivity index (χ4n) is 4.47. The van der Waals surface area contributed by atoms with E-state index in [0.29, 0.717) is 12.8 Å². The van der Waals surface area contributed by atoms with Crippen LogP contribution in [-0.2, 0) is 17.4 Å². The maximum Gasteiger partial charge on any atom is 1.00 e. The van der Waals surface area contributed by atoms with Crippen molar-refractivity contribution >= 4 is 19.4 Å². The van der Waals surface area contributed by atoms with Crippen LogP contribution in [0.15, 0.2) is 84.9 Å². The molecule has 4 rings (SSSR count). The summed E-state index contributed by atoms with van der Waals surface area (Å²) in [5, 5.41) is 19.8. The number of carbonyl (C=O) groups is 2. The Morgan fingerprint density at radius 2 is 1.07 bits per heavy atom. The number of hydrogen-bond donors (Lipinski definition) is 2. The van der Waals surface area contributed by atoms with E-state index in [0.717, 1.165) is 22.3 Å². The normalized spacial score (nSPS) is 10.9. The van der Waals surface area contributed by atoms with E-state index in [-0.39, 0.29) is 88.1 Å². The molecule has 212 valence electrons. The summed E-state index contributed by atoms with van der Waals surface area (Å²) < 4.78 is 23.0. The molecule has 0 bridgehead atoms. The molecule has 0 spiro atoms. The number of hydrogen-bond acceptors (Lipinski definition) is 8. The molecular weight excluding hydrogens is 566 g/mol. The monoisotopic (exact) mass is 596 g/mol. The Balaban J connectivity index is 0.00000484. The van der Waals surface area contributed by atoms with Crippen LogP contribution in [0.4, 0.5) is 0 Å². The van der Waals surface area contributed by atoms with Crippen molar-refractivity contribution in [3.8, 4) is 23.0 Å². The number of carbonyl (C=O) groups excluding carboxylic acids is 2. The Kier molecular flexibility index (Phi) is 11.6. The number of Topliss-reactive ketones (excluding diaryl/α,β-unsaturated/α-hetero) is 2. The van der Waals surface area contributed by atoms with E-state index >= 15 is 0 Å². The molecule has 0 amide bonds. The largest absolute Gasteiger partial charge is 1.00 e. The van der Waals surface area contributed by atoms with Crippen LogP contribution in [0.1, 0.15) is 55.8 Å². The molecule has 2 N–H and O–H groups in total. The van der Waals surface area contributed by atoms with Crippen molar-refractivity contribution < 1.29 is 67.9 Å². The van der Waals surface area contributed by atoms with E-state index in [2.05, 4.69) is 0 Å². The SMILES string of the molecule is Cc1cc(OP(=O)([O-])Oc2ccc(CCC(=O)c3ccccc3O)c(C)c2)ccc1CCC(=O)c1ccccc1O.[Na+]. The first-order chi connectivity index (χ1) is 19.5. The molecule has 0 heterocycles. The van der Waals surface area contributed by atoms with Gasteiger partial charge in [-0.2, -0.15) is 0 Å². The summed E-state index contributed by atoms with van der Waals surface area (Å²) in [6.07, 6.45) is 1.18. The fourth-order valence-corrected chi connectivity index (χ4v) is 5.25. The first kappa shape index (κ1) is 33.1. The van der Waals surface area contributed by atoms with Crippen molar-refractivity contribution in [1.82, 2.24) is 0 Å². The van der Waals surface area contributed by atoms with Crippen molar-refractivity contribution in [3.63, 3.8) is 0 Å². The molecule has 4 aromatic carbocycles. The Morgan fingerprint density at radius 3 is 1.43 bits per heavy atom. The summed E-state index contributed by atoms with van der Waals surface area (Å²) in [7, 11) is -4.77. The van der Waals surface area contributed by atoms with E-state index in [1.54, 1.807) is 74.5 Å². The summed E-state index contributed by atoms with van der Waals surface area (Å²) in [4.78, 5) is 37.5. The second kappa shape index (κ2) is 14.7. The molecule has 4 aromatic rings. The molecule has 0 atom stereocenters. The van der Waals surface area contributed by atoms with Gasteiger partial charge in [0.1, 0.15) is 23.0 Å². The van der Waals surface area contributed by atoms with Gasteiger partial charge in [-0.15, -0.1) is 0 Å². The van der Waals surface area contributed by atoms with Crippen LogP contribution in [0, 0.1) is 13.8 Å². The number of rotatable bonds is 12. The average molecular weight is 597 g/mol. The van der Waals surface area contributed by atoms with Gasteiger partial charge >= 0.3 is 37.4 Å². The number of benzene rings is 4. The molecule has 42 heavy (non-hydrogen) atoms. The molecule has 10 heteroatoms. The number of ketones is 2. The third kappa shape index (κ3) is 8.81. The van der Waals surface area contributed by atoms with Crippen LogP contribution in [0.2, 0.25) is 0 Å². The molecular formula is C32H30NaO8P. The van der Waals surface area contributed by atoms with Crippen LogP contribution < -0.4 is 43.5 Å². The van der Waals surface area contributed by atoms with E-state index in [9.17, 15) is 29.3 Å². The molecule has 0 unspecified atom stereocenters. The minimum absolute atomic E-state index is 0. The summed E-state index contributed by atoms with van der Waals surface area (Å²) in [6.45, 7) is 3.57. The van der Waals surface area contributed by atoms with Gasteiger partial charge in [0.05, 0.1) is 11.1 Å². The third-order valence-corrected chi connectivity index (χ3v) is 7.58. The molecule has 0 fully saturated rings. The van der Waals surface area contributed by atoms with Crippen LogP contribution in [-0.4, -0.2) is 21.8 Å². The molecule has 0 aliphatic rings. The predicted molar refractivity (Wildman–Crippen MR) is 153 cm³/mol. The Bertz CT molecular complexity index is 1520. The predicted octanol–water partition coefficient (Wildman–Crippen LogP) is 3.28. The molecule has 0 saturated heterocycles. The van der Waals surface area contributed by atoms with E-state index < -0.39 is 7.82 Å². The van der Waals surface area contributed by atoms with Gasteiger partial charge in [0.25, 0.3) is 0 Å². The van der Waals surface area contributed by atoms with E-state index in [1.165, 1.54) is 24.3 Å². The minimum atomic E-state index is -4.77. The van der Waals surface area contributed by atoms with Gasteiger partial charge in [-0.1, -0.05) is 36.4 Å². The van der Waals surface area contributed by atoms with Crippen LogP contribution >= 0.6 is 7.82 Å². The number of para-hydroxylation sites is 2. The zero-order valence-corrected chi connectivity index (χ0v) is 26.6. The minimum Gasteiger partial charge on any atom is -0.736 e. The van der Waals surface area contributed by atoms with Crippen molar-refractivity contribution in [1.29, 1.82) is 0 Å². The van der Waals surface area contributed by atoms with Crippen molar-refractivity contribution in [2.75, 3.05) is 0 Å². The zero-order valence-electron chi connectivity index (χ0n) is 23.7. The molecule has 8 nitrogen and oxygen atoms in total. The summed E-state index contributed by atoms with van der Waals surface area (Å²) in [5.41, 5.74) is 3.69. The van der Waals surface area contributed by atoms with Crippen molar-refractivity contribution in [3.05, 3.63) is 118 Å². The number of phenolic OH excluding ortho intramolecular Hbond substituents is 2. The Labute approximate surface area is 266 Å².